The van der Waals surface area contributed by atoms with Gasteiger partial charge in [0.2, 0.25) is 4.96 Å². The van der Waals surface area contributed by atoms with Gasteiger partial charge in [0, 0.05) is 22.9 Å². The van der Waals surface area contributed by atoms with Crippen molar-refractivity contribution in [3.8, 4) is 39.8 Å². The predicted octanol–water partition coefficient (Wildman–Crippen LogP) is 6.84. The fourth-order valence-corrected chi connectivity index (χ4v) is 5.92. The second kappa shape index (κ2) is 12.8. The number of benzene rings is 3. The van der Waals surface area contributed by atoms with Crippen LogP contribution in [0.5, 0.6) is 11.5 Å². The third-order valence-corrected chi connectivity index (χ3v) is 8.29. The molecule has 6 rings (SSSR count). The first-order chi connectivity index (χ1) is 21.0. The molecule has 8 nitrogen and oxygen atoms in total. The Hall–Kier alpha value is -4.47. The van der Waals surface area contributed by atoms with Crippen LogP contribution in [0.4, 0.5) is 0 Å². The maximum Gasteiger partial charge on any atom is 0.291 e. The molecule has 3 aromatic carbocycles. The molecule has 0 saturated carbocycles. The number of ether oxygens (including phenoxy) is 2. The van der Waals surface area contributed by atoms with Crippen molar-refractivity contribution in [2.45, 2.75) is 32.6 Å². The van der Waals surface area contributed by atoms with E-state index in [9.17, 15) is 4.79 Å². The van der Waals surface area contributed by atoms with Gasteiger partial charge in [-0.15, -0.1) is 5.10 Å². The Morgan fingerprint density at radius 1 is 0.953 bits per heavy atom. The summed E-state index contributed by atoms with van der Waals surface area (Å²) in [6.45, 7) is 2.90. The van der Waals surface area contributed by atoms with Crippen LogP contribution in [0.2, 0.25) is 5.02 Å². The fourth-order valence-electron chi connectivity index (χ4n) is 4.76. The highest BCUT2D eigenvalue weighted by Gasteiger charge is 2.16. The van der Waals surface area contributed by atoms with Crippen LogP contribution in [0.3, 0.4) is 0 Å². The van der Waals surface area contributed by atoms with E-state index in [1.807, 2.05) is 79.0 Å². The summed E-state index contributed by atoms with van der Waals surface area (Å²) in [5, 5.41) is 9.85. The molecule has 218 valence electrons. The number of para-hydroxylation sites is 1. The maximum absolute atomic E-state index is 13.4. The number of hydrogen-bond donors (Lipinski definition) is 0. The summed E-state index contributed by atoms with van der Waals surface area (Å²) in [6.07, 6.45) is 8.37. The van der Waals surface area contributed by atoms with Gasteiger partial charge in [0.15, 0.2) is 5.82 Å². The van der Waals surface area contributed by atoms with E-state index >= 15 is 0 Å². The van der Waals surface area contributed by atoms with Gasteiger partial charge in [-0.2, -0.15) is 14.6 Å². The van der Waals surface area contributed by atoms with Crippen molar-refractivity contribution in [3.63, 3.8) is 0 Å². The first kappa shape index (κ1) is 28.6. The lowest BCUT2D eigenvalue weighted by Gasteiger charge is -2.06. The molecule has 0 saturated heterocycles. The molecular formula is C33H30ClN5O3S. The number of hydrogen-bond acceptors (Lipinski definition) is 7. The number of methoxy groups -OCH3 is 1. The minimum Gasteiger partial charge on any atom is -0.495 e. The van der Waals surface area contributed by atoms with Crippen molar-refractivity contribution >= 4 is 34.0 Å². The number of thiazole rings is 1. The normalized spacial score (nSPS) is 11.8. The van der Waals surface area contributed by atoms with E-state index in [1.165, 1.54) is 35.1 Å². The molecule has 3 aromatic heterocycles. The first-order valence-corrected chi connectivity index (χ1v) is 15.4. The molecule has 0 N–H and O–H groups in total. The molecule has 10 heteroatoms. The second-order valence-corrected chi connectivity index (χ2v) is 11.5. The molecule has 3 heterocycles. The lowest BCUT2D eigenvalue weighted by Crippen LogP contribution is -2.23. The molecule has 0 spiro atoms. The quantitative estimate of drug-likeness (QED) is 0.149. The van der Waals surface area contributed by atoms with Crippen molar-refractivity contribution in [2.75, 3.05) is 13.7 Å². The number of fused-ring (bicyclic) bond motifs is 1. The van der Waals surface area contributed by atoms with Crippen LogP contribution in [-0.4, -0.2) is 38.1 Å². The summed E-state index contributed by atoms with van der Waals surface area (Å²) in [6, 6.07) is 23.0. The topological polar surface area (TPSA) is 83.5 Å². The molecule has 0 atom stereocenters. The Morgan fingerprint density at radius 2 is 1.74 bits per heavy atom. The molecular weight excluding hydrogens is 582 g/mol. The summed E-state index contributed by atoms with van der Waals surface area (Å²) in [5.74, 6) is 1.88. The highest BCUT2D eigenvalue weighted by molar-refractivity contribution is 7.15. The van der Waals surface area contributed by atoms with Crippen LogP contribution in [0.15, 0.2) is 83.8 Å². The molecule has 6 aromatic rings. The lowest BCUT2D eigenvalue weighted by molar-refractivity contribution is 0.305. The van der Waals surface area contributed by atoms with E-state index in [1.54, 1.807) is 17.9 Å². The molecule has 0 aliphatic rings. The third-order valence-electron chi connectivity index (χ3n) is 7.04. The minimum absolute atomic E-state index is 0.239. The Morgan fingerprint density at radius 3 is 2.47 bits per heavy atom. The molecule has 0 aliphatic carbocycles. The van der Waals surface area contributed by atoms with Gasteiger partial charge >= 0.3 is 0 Å². The molecule has 0 fully saturated rings. The number of nitrogens with zero attached hydrogens (tertiary/aromatic N) is 5. The van der Waals surface area contributed by atoms with Crippen LogP contribution >= 0.6 is 22.9 Å². The summed E-state index contributed by atoms with van der Waals surface area (Å²) in [5.41, 5.74) is 3.72. The van der Waals surface area contributed by atoms with Crippen molar-refractivity contribution < 1.29 is 9.47 Å². The predicted molar refractivity (Wildman–Crippen MR) is 172 cm³/mol. The smallest absolute Gasteiger partial charge is 0.291 e. The van der Waals surface area contributed by atoms with Gasteiger partial charge in [0.05, 0.1) is 29.0 Å². The second-order valence-electron chi connectivity index (χ2n) is 10.0. The Bertz CT molecular complexity index is 1970. The Balaban J connectivity index is 1.32. The summed E-state index contributed by atoms with van der Waals surface area (Å²) in [4.78, 5) is 18.6. The molecule has 0 bridgehead atoms. The van der Waals surface area contributed by atoms with E-state index in [4.69, 9.17) is 26.2 Å². The van der Waals surface area contributed by atoms with Crippen LogP contribution in [-0.2, 0) is 0 Å². The van der Waals surface area contributed by atoms with Crippen LogP contribution in [0.1, 0.15) is 38.2 Å². The van der Waals surface area contributed by atoms with Gasteiger partial charge in [-0.05, 0) is 67.1 Å². The minimum atomic E-state index is -0.239. The fraction of sp³-hybridized carbons (Fsp3) is 0.212. The Kier molecular flexibility index (Phi) is 8.53. The van der Waals surface area contributed by atoms with Crippen molar-refractivity contribution in [3.05, 3.63) is 104 Å². The van der Waals surface area contributed by atoms with E-state index in [2.05, 4.69) is 17.0 Å². The number of aromatic nitrogens is 5. The maximum atomic E-state index is 13.4. The van der Waals surface area contributed by atoms with Gasteiger partial charge in [0.1, 0.15) is 17.2 Å². The SMILES string of the molecule is CCCCCCOc1ccc(-c2nc3sc(=Cc4cn(-c5ccccc5)nc4-c4ccc(OC)c(Cl)c4)c(=O)n3n2)cc1. The van der Waals surface area contributed by atoms with Crippen molar-refractivity contribution in [2.24, 2.45) is 0 Å². The standard InChI is InChI=1S/C33H30ClN5O3S/c1-3-4-5-9-18-42-26-15-12-22(13-16-26)31-35-33-39(37-31)32(40)29(43-33)20-24-21-38(25-10-7-6-8-11-25)36-30(24)23-14-17-28(41-2)27(34)19-23/h6-8,10-17,19-21H,3-5,9,18H2,1-2H3. The van der Waals surface area contributed by atoms with Gasteiger partial charge in [-0.25, -0.2) is 4.68 Å². The number of halogens is 1. The zero-order chi connectivity index (χ0) is 29.8. The van der Waals surface area contributed by atoms with Crippen molar-refractivity contribution in [1.82, 2.24) is 24.4 Å². The zero-order valence-corrected chi connectivity index (χ0v) is 25.4. The largest absolute Gasteiger partial charge is 0.495 e. The molecule has 0 radical (unpaired) electrons. The van der Waals surface area contributed by atoms with E-state index < -0.39 is 0 Å². The number of rotatable bonds is 11. The van der Waals surface area contributed by atoms with Gasteiger partial charge in [-0.3, -0.25) is 4.79 Å². The highest BCUT2D eigenvalue weighted by Crippen LogP contribution is 2.32. The summed E-state index contributed by atoms with van der Waals surface area (Å²) >= 11 is 7.73. The zero-order valence-electron chi connectivity index (χ0n) is 23.9. The monoisotopic (exact) mass is 611 g/mol. The van der Waals surface area contributed by atoms with E-state index in [0.717, 1.165) is 34.5 Å². The van der Waals surface area contributed by atoms with Crippen LogP contribution in [0, 0.1) is 0 Å². The number of unbranched alkanes of at least 4 members (excludes halogenated alkanes) is 3. The van der Waals surface area contributed by atoms with E-state index in [-0.39, 0.29) is 5.56 Å². The molecule has 0 amide bonds. The third kappa shape index (κ3) is 6.18. The first-order valence-electron chi connectivity index (χ1n) is 14.2. The molecule has 0 aliphatic heterocycles. The lowest BCUT2D eigenvalue weighted by atomic mass is 10.1. The van der Waals surface area contributed by atoms with Crippen LogP contribution in [0.25, 0.3) is 39.4 Å². The van der Waals surface area contributed by atoms with Gasteiger partial charge in [0.25, 0.3) is 5.56 Å². The molecule has 0 unspecified atom stereocenters. The summed E-state index contributed by atoms with van der Waals surface area (Å²) in [7, 11) is 1.58. The van der Waals surface area contributed by atoms with Gasteiger partial charge in [-0.1, -0.05) is 67.3 Å². The Labute approximate surface area is 257 Å². The summed E-state index contributed by atoms with van der Waals surface area (Å²) < 4.78 is 14.8. The molecule has 43 heavy (non-hydrogen) atoms. The average molecular weight is 612 g/mol. The van der Waals surface area contributed by atoms with Crippen molar-refractivity contribution in [1.29, 1.82) is 0 Å². The van der Waals surface area contributed by atoms with Gasteiger partial charge < -0.3 is 9.47 Å². The van der Waals surface area contributed by atoms with E-state index in [0.29, 0.717) is 38.4 Å². The average Bonchev–Trinajstić information content (AvgIpc) is 3.73. The highest BCUT2D eigenvalue weighted by atomic mass is 35.5. The van der Waals surface area contributed by atoms with Crippen LogP contribution < -0.4 is 19.6 Å².